The van der Waals surface area contributed by atoms with Crippen molar-refractivity contribution in [3.63, 3.8) is 0 Å². The number of aryl methyl sites for hydroxylation is 1. The molecule has 1 saturated carbocycles. The predicted molar refractivity (Wildman–Crippen MR) is 111 cm³/mol. The van der Waals surface area contributed by atoms with Crippen molar-refractivity contribution in [2.45, 2.75) is 71.1 Å². The molecule has 6 nitrogen and oxygen atoms in total. The van der Waals surface area contributed by atoms with E-state index < -0.39 is 0 Å². The molecule has 156 valence electrons. The molecule has 1 N–H and O–H groups in total. The van der Waals surface area contributed by atoms with Gasteiger partial charge in [0.15, 0.2) is 0 Å². The van der Waals surface area contributed by atoms with E-state index >= 15 is 0 Å². The van der Waals surface area contributed by atoms with Crippen molar-refractivity contribution in [1.82, 2.24) is 10.3 Å². The van der Waals surface area contributed by atoms with E-state index in [1.807, 2.05) is 32.0 Å². The molecule has 2 heterocycles. The largest absolute Gasteiger partial charge is 0.378 e. The number of amides is 2. The molecule has 5 unspecified atom stereocenters. The fourth-order valence-electron chi connectivity index (χ4n) is 5.24. The van der Waals surface area contributed by atoms with Crippen molar-refractivity contribution in [1.29, 1.82) is 0 Å². The maximum Gasteiger partial charge on any atom is 0.239 e. The topological polar surface area (TPSA) is 71.0 Å². The van der Waals surface area contributed by atoms with Gasteiger partial charge in [0.05, 0.1) is 23.8 Å². The number of ether oxygens (including phenoxy) is 1. The summed E-state index contributed by atoms with van der Waals surface area (Å²) >= 11 is 0. The van der Waals surface area contributed by atoms with E-state index in [0.717, 1.165) is 42.5 Å². The molecule has 0 bridgehead atoms. The molecule has 3 aliphatic rings. The standard InChI is InChI=1S/C23H31N3O3/c1-4-29-18-9-8-17-11-19(23(28)24-20(17)12-18)22-13-21(25-26(22)15(3)27)16-7-5-6-14(2)10-16/h5-7,10,17-20,22H,4,8-9,11-13H2,1-3H3,(H,24,28). The highest BCUT2D eigenvalue weighted by Gasteiger charge is 2.46. The molecule has 2 fully saturated rings. The van der Waals surface area contributed by atoms with Crippen LogP contribution in [0.15, 0.2) is 29.4 Å². The third kappa shape index (κ3) is 4.08. The van der Waals surface area contributed by atoms with Gasteiger partial charge in [-0.3, -0.25) is 9.59 Å². The molecular weight excluding hydrogens is 366 g/mol. The Bertz CT molecular complexity index is 821. The molecule has 29 heavy (non-hydrogen) atoms. The smallest absolute Gasteiger partial charge is 0.239 e. The lowest BCUT2D eigenvalue weighted by atomic mass is 9.72. The van der Waals surface area contributed by atoms with Gasteiger partial charge in [-0.05, 0) is 51.0 Å². The van der Waals surface area contributed by atoms with Gasteiger partial charge in [-0.2, -0.15) is 5.10 Å². The number of hydrogen-bond acceptors (Lipinski definition) is 4. The molecule has 5 atom stereocenters. The third-order valence-corrected chi connectivity index (χ3v) is 6.65. The first kappa shape index (κ1) is 20.1. The SMILES string of the molecule is CCOC1CCC2CC(C3CC(c4cccc(C)c4)=NN3C(C)=O)C(=O)NC2C1. The van der Waals surface area contributed by atoms with E-state index in [9.17, 15) is 9.59 Å². The van der Waals surface area contributed by atoms with Crippen LogP contribution in [0.25, 0.3) is 0 Å². The monoisotopic (exact) mass is 397 g/mol. The van der Waals surface area contributed by atoms with Gasteiger partial charge in [0, 0.05) is 26.0 Å². The molecule has 0 aromatic heterocycles. The minimum Gasteiger partial charge on any atom is -0.378 e. The van der Waals surface area contributed by atoms with E-state index in [1.54, 1.807) is 5.01 Å². The second kappa shape index (κ2) is 8.27. The van der Waals surface area contributed by atoms with Gasteiger partial charge in [-0.1, -0.05) is 29.8 Å². The highest BCUT2D eigenvalue weighted by Crippen LogP contribution is 2.38. The number of benzene rings is 1. The second-order valence-corrected chi connectivity index (χ2v) is 8.66. The normalized spacial score (nSPS) is 31.8. The number of piperidine rings is 1. The van der Waals surface area contributed by atoms with Crippen LogP contribution >= 0.6 is 0 Å². The van der Waals surface area contributed by atoms with E-state index in [-0.39, 0.29) is 35.9 Å². The Labute approximate surface area is 172 Å². The van der Waals surface area contributed by atoms with Gasteiger partial charge in [0.2, 0.25) is 11.8 Å². The Balaban J connectivity index is 1.51. The molecule has 0 radical (unpaired) electrons. The lowest BCUT2D eigenvalue weighted by Gasteiger charge is -2.44. The number of fused-ring (bicyclic) bond motifs is 1. The quantitative estimate of drug-likeness (QED) is 0.849. The Kier molecular flexibility index (Phi) is 5.72. The number of nitrogens with one attached hydrogen (secondary N) is 1. The average molecular weight is 398 g/mol. The number of rotatable bonds is 4. The summed E-state index contributed by atoms with van der Waals surface area (Å²) < 4.78 is 5.79. The Morgan fingerprint density at radius 1 is 1.31 bits per heavy atom. The van der Waals surface area contributed by atoms with Crippen molar-refractivity contribution in [3.8, 4) is 0 Å². The van der Waals surface area contributed by atoms with Crippen molar-refractivity contribution in [3.05, 3.63) is 35.4 Å². The van der Waals surface area contributed by atoms with Gasteiger partial charge < -0.3 is 10.1 Å². The third-order valence-electron chi connectivity index (χ3n) is 6.65. The van der Waals surface area contributed by atoms with Crippen LogP contribution in [0.3, 0.4) is 0 Å². The zero-order valence-electron chi connectivity index (χ0n) is 17.6. The van der Waals surface area contributed by atoms with Gasteiger partial charge >= 0.3 is 0 Å². The van der Waals surface area contributed by atoms with Crippen LogP contribution in [0, 0.1) is 18.8 Å². The molecule has 6 heteroatoms. The first-order valence-corrected chi connectivity index (χ1v) is 10.8. The zero-order valence-corrected chi connectivity index (χ0v) is 17.6. The van der Waals surface area contributed by atoms with Crippen LogP contribution in [0.4, 0.5) is 0 Å². The fraction of sp³-hybridized carbons (Fsp3) is 0.609. The maximum absolute atomic E-state index is 13.0. The summed E-state index contributed by atoms with van der Waals surface area (Å²) in [5, 5.41) is 9.43. The van der Waals surface area contributed by atoms with Crippen LogP contribution in [0.5, 0.6) is 0 Å². The van der Waals surface area contributed by atoms with E-state index in [1.165, 1.54) is 6.92 Å². The molecular formula is C23H31N3O3. The molecule has 2 aliphatic heterocycles. The van der Waals surface area contributed by atoms with Gasteiger partial charge in [0.25, 0.3) is 0 Å². The van der Waals surface area contributed by atoms with Crippen LogP contribution in [-0.2, 0) is 14.3 Å². The van der Waals surface area contributed by atoms with Crippen LogP contribution in [0.1, 0.15) is 57.1 Å². The molecule has 4 rings (SSSR count). The Hall–Kier alpha value is -2.21. The molecule has 1 aliphatic carbocycles. The van der Waals surface area contributed by atoms with Crippen LogP contribution in [0.2, 0.25) is 0 Å². The molecule has 1 aromatic rings. The highest BCUT2D eigenvalue weighted by atomic mass is 16.5. The van der Waals surface area contributed by atoms with Crippen molar-refractivity contribution in [2.24, 2.45) is 16.9 Å². The first-order valence-electron chi connectivity index (χ1n) is 10.8. The van der Waals surface area contributed by atoms with Crippen molar-refractivity contribution in [2.75, 3.05) is 6.61 Å². The predicted octanol–water partition coefficient (Wildman–Crippen LogP) is 3.03. The van der Waals surface area contributed by atoms with E-state index in [0.29, 0.717) is 18.9 Å². The summed E-state index contributed by atoms with van der Waals surface area (Å²) in [6.45, 7) is 6.32. The van der Waals surface area contributed by atoms with Crippen LogP contribution in [-0.4, -0.2) is 47.3 Å². The number of hydrogen-bond donors (Lipinski definition) is 1. The second-order valence-electron chi connectivity index (χ2n) is 8.66. The Morgan fingerprint density at radius 2 is 2.14 bits per heavy atom. The lowest BCUT2D eigenvalue weighted by molar-refractivity contribution is -0.138. The van der Waals surface area contributed by atoms with Crippen LogP contribution < -0.4 is 5.32 Å². The average Bonchev–Trinajstić information content (AvgIpc) is 3.13. The van der Waals surface area contributed by atoms with Gasteiger partial charge in [0.1, 0.15) is 0 Å². The zero-order chi connectivity index (χ0) is 20.5. The molecule has 1 aromatic carbocycles. The number of carbonyl (C=O) groups is 2. The van der Waals surface area contributed by atoms with Gasteiger partial charge in [-0.15, -0.1) is 0 Å². The molecule has 1 saturated heterocycles. The molecule has 0 spiro atoms. The Morgan fingerprint density at radius 3 is 2.86 bits per heavy atom. The summed E-state index contributed by atoms with van der Waals surface area (Å²) in [5.41, 5.74) is 3.08. The maximum atomic E-state index is 13.0. The number of carbonyl (C=O) groups excluding carboxylic acids is 2. The summed E-state index contributed by atoms with van der Waals surface area (Å²) in [4.78, 5) is 25.3. The lowest BCUT2D eigenvalue weighted by Crippen LogP contribution is -2.57. The van der Waals surface area contributed by atoms with E-state index in [2.05, 4.69) is 16.5 Å². The van der Waals surface area contributed by atoms with Crippen molar-refractivity contribution < 1.29 is 14.3 Å². The number of hydrazone groups is 1. The van der Waals surface area contributed by atoms with Crippen molar-refractivity contribution >= 4 is 17.5 Å². The summed E-state index contributed by atoms with van der Waals surface area (Å²) in [6.07, 6.45) is 4.69. The molecule has 2 amide bonds. The minimum absolute atomic E-state index is 0.0559. The minimum atomic E-state index is -0.213. The first-order chi connectivity index (χ1) is 14.0. The summed E-state index contributed by atoms with van der Waals surface area (Å²) in [7, 11) is 0. The summed E-state index contributed by atoms with van der Waals surface area (Å²) in [5.74, 6) is 0.189. The van der Waals surface area contributed by atoms with E-state index in [4.69, 9.17) is 4.74 Å². The van der Waals surface area contributed by atoms with Gasteiger partial charge in [-0.25, -0.2) is 5.01 Å². The highest BCUT2D eigenvalue weighted by molar-refractivity contribution is 6.03. The fourth-order valence-corrected chi connectivity index (χ4v) is 5.24. The summed E-state index contributed by atoms with van der Waals surface area (Å²) in [6, 6.07) is 8.16. The number of nitrogens with zero attached hydrogens (tertiary/aromatic N) is 2.